The first-order valence-electron chi connectivity index (χ1n) is 9.89. The fourth-order valence-corrected chi connectivity index (χ4v) is 2.80. The number of aliphatic carboxylic acids is 1. The molecule has 28 heavy (non-hydrogen) atoms. The molecule has 0 aromatic carbocycles. The number of aliphatic hydroxyl groups is 3. The Morgan fingerprint density at radius 1 is 1.18 bits per heavy atom. The molecule has 0 aromatic heterocycles. The molecule has 6 nitrogen and oxygen atoms in total. The summed E-state index contributed by atoms with van der Waals surface area (Å²) >= 11 is 0. The van der Waals surface area contributed by atoms with Gasteiger partial charge in [-0.15, -0.1) is 0 Å². The van der Waals surface area contributed by atoms with E-state index in [1.54, 1.807) is 12.2 Å². The minimum absolute atomic E-state index is 0.0536. The number of rotatable bonds is 13. The number of hydrogen-bond donors (Lipinski definition) is 4. The number of hydrogen-bond acceptors (Lipinski definition) is 5. The van der Waals surface area contributed by atoms with Gasteiger partial charge in [0.25, 0.3) is 0 Å². The Labute approximate surface area is 167 Å². The molecule has 4 N–H and O–H groups in total. The Kier molecular flexibility index (Phi) is 12.4. The maximum absolute atomic E-state index is 10.4. The van der Waals surface area contributed by atoms with Crippen LogP contribution in [0.25, 0.3) is 0 Å². The Morgan fingerprint density at radius 2 is 1.93 bits per heavy atom. The number of carbonyl (C=O) groups is 1. The summed E-state index contributed by atoms with van der Waals surface area (Å²) < 4.78 is 5.74. The van der Waals surface area contributed by atoms with E-state index in [0.29, 0.717) is 19.3 Å². The van der Waals surface area contributed by atoms with Crippen molar-refractivity contribution in [2.75, 3.05) is 0 Å². The fourth-order valence-electron chi connectivity index (χ4n) is 2.80. The lowest BCUT2D eigenvalue weighted by Crippen LogP contribution is -2.25. The highest BCUT2D eigenvalue weighted by Gasteiger charge is 2.36. The zero-order valence-electron chi connectivity index (χ0n) is 16.5. The van der Waals surface area contributed by atoms with E-state index in [1.807, 2.05) is 12.2 Å². The average molecular weight is 394 g/mol. The van der Waals surface area contributed by atoms with E-state index in [1.165, 1.54) is 6.08 Å². The van der Waals surface area contributed by atoms with Crippen molar-refractivity contribution in [3.05, 3.63) is 48.6 Å². The van der Waals surface area contributed by atoms with Crippen LogP contribution < -0.4 is 0 Å². The third kappa shape index (κ3) is 10.6. The van der Waals surface area contributed by atoms with Crippen molar-refractivity contribution >= 4 is 5.97 Å². The molecule has 1 radical (unpaired) electrons. The van der Waals surface area contributed by atoms with Gasteiger partial charge < -0.3 is 25.2 Å². The number of aliphatic hydroxyl groups excluding tert-OH is 3. The van der Waals surface area contributed by atoms with Crippen LogP contribution in [0.4, 0.5) is 0 Å². The van der Waals surface area contributed by atoms with Gasteiger partial charge in [-0.2, -0.15) is 0 Å². The maximum atomic E-state index is 10.4. The molecule has 1 rings (SSSR count). The lowest BCUT2D eigenvalue weighted by Gasteiger charge is -2.16. The van der Waals surface area contributed by atoms with E-state index in [4.69, 9.17) is 9.84 Å². The van der Waals surface area contributed by atoms with Crippen LogP contribution in [0.3, 0.4) is 0 Å². The van der Waals surface area contributed by atoms with Crippen LogP contribution in [0, 0.1) is 6.08 Å². The van der Waals surface area contributed by atoms with Crippen LogP contribution in [0.1, 0.15) is 51.9 Å². The SMILES string of the molecule is CC/C=C\C/C=C\C[C@H]1O[C@H]([C@@H](O)C=[C][C@@H](O)C/C=C\CCC(=O)O)C[C@H]1O. The quantitative estimate of drug-likeness (QED) is 0.359. The molecule has 157 valence electrons. The first kappa shape index (κ1) is 24.3. The largest absolute Gasteiger partial charge is 0.481 e. The van der Waals surface area contributed by atoms with E-state index in [-0.39, 0.29) is 18.9 Å². The molecule has 0 bridgehead atoms. The summed E-state index contributed by atoms with van der Waals surface area (Å²) in [4.78, 5) is 10.4. The van der Waals surface area contributed by atoms with Crippen molar-refractivity contribution < 1.29 is 30.0 Å². The molecule has 1 fully saturated rings. The first-order valence-corrected chi connectivity index (χ1v) is 9.89. The molecule has 6 heteroatoms. The second-order valence-corrected chi connectivity index (χ2v) is 6.82. The second kappa shape index (κ2) is 14.3. The summed E-state index contributed by atoms with van der Waals surface area (Å²) in [5.41, 5.74) is 0. The van der Waals surface area contributed by atoms with Crippen molar-refractivity contribution in [3.8, 4) is 0 Å². The van der Waals surface area contributed by atoms with Gasteiger partial charge in [0, 0.05) is 12.8 Å². The van der Waals surface area contributed by atoms with E-state index in [9.17, 15) is 20.1 Å². The van der Waals surface area contributed by atoms with Gasteiger partial charge >= 0.3 is 5.97 Å². The Bertz CT molecular complexity index is 551. The molecule has 0 aromatic rings. The smallest absolute Gasteiger partial charge is 0.303 e. The molecule has 0 spiro atoms. The van der Waals surface area contributed by atoms with Crippen molar-refractivity contribution in [1.29, 1.82) is 0 Å². The van der Waals surface area contributed by atoms with Gasteiger partial charge in [0.15, 0.2) is 0 Å². The first-order chi connectivity index (χ1) is 13.4. The normalized spacial score (nSPS) is 25.5. The summed E-state index contributed by atoms with van der Waals surface area (Å²) in [6.45, 7) is 2.08. The van der Waals surface area contributed by atoms with Gasteiger partial charge in [-0.25, -0.2) is 0 Å². The lowest BCUT2D eigenvalue weighted by molar-refractivity contribution is -0.136. The van der Waals surface area contributed by atoms with Crippen LogP contribution in [0.15, 0.2) is 42.5 Å². The Hall–Kier alpha value is -1.73. The van der Waals surface area contributed by atoms with Crippen molar-refractivity contribution in [2.45, 2.75) is 82.4 Å². The van der Waals surface area contributed by atoms with Gasteiger partial charge in [0.1, 0.15) is 0 Å². The molecule has 1 heterocycles. The van der Waals surface area contributed by atoms with Gasteiger partial charge in [-0.3, -0.25) is 4.79 Å². The average Bonchev–Trinajstić information content (AvgIpc) is 3.03. The van der Waals surface area contributed by atoms with E-state index >= 15 is 0 Å². The molecule has 5 atom stereocenters. The highest BCUT2D eigenvalue weighted by atomic mass is 16.5. The summed E-state index contributed by atoms with van der Waals surface area (Å²) in [5.74, 6) is -0.861. The number of allylic oxidation sites excluding steroid dienone is 4. The number of carboxylic acids is 1. The zero-order chi connectivity index (χ0) is 20.8. The van der Waals surface area contributed by atoms with E-state index in [2.05, 4.69) is 25.2 Å². The standard InChI is InChI=1S/C22H33O6/c1-2-3-4-5-6-9-12-20-19(25)16-21(28-20)18(24)15-14-17(23)11-8-7-10-13-22(26)27/h3-4,6-9,15,17-21,23-25H,2,5,10-13,16H2,1H3,(H,26,27)/b4-3-,8-7-,9-6-,15-14?/t17-,18-,19+,20+,21-/m0/s1. The second-order valence-electron chi connectivity index (χ2n) is 6.82. The third-order valence-corrected chi connectivity index (χ3v) is 4.35. The molecule has 1 saturated heterocycles. The molecule has 1 aliphatic heterocycles. The van der Waals surface area contributed by atoms with Crippen LogP contribution in [0.5, 0.6) is 0 Å². The van der Waals surface area contributed by atoms with Gasteiger partial charge in [-0.1, -0.05) is 43.4 Å². The Morgan fingerprint density at radius 3 is 2.64 bits per heavy atom. The predicted octanol–water partition coefficient (Wildman–Crippen LogP) is 2.70. The molecule has 0 aliphatic carbocycles. The highest BCUT2D eigenvalue weighted by molar-refractivity contribution is 5.66. The van der Waals surface area contributed by atoms with Crippen LogP contribution in [0.2, 0.25) is 0 Å². The van der Waals surface area contributed by atoms with Gasteiger partial charge in [0.05, 0.1) is 30.5 Å². The number of ether oxygens (including phenoxy) is 1. The predicted molar refractivity (Wildman–Crippen MR) is 108 cm³/mol. The number of carboxylic acid groups (broad SMARTS) is 1. The topological polar surface area (TPSA) is 107 Å². The minimum Gasteiger partial charge on any atom is -0.481 e. The molecule has 0 unspecified atom stereocenters. The molecular formula is C22H33O6. The van der Waals surface area contributed by atoms with Crippen molar-refractivity contribution in [3.63, 3.8) is 0 Å². The lowest BCUT2D eigenvalue weighted by atomic mass is 10.0. The van der Waals surface area contributed by atoms with Gasteiger partial charge in [-0.05, 0) is 44.3 Å². The van der Waals surface area contributed by atoms with E-state index < -0.39 is 30.4 Å². The highest BCUT2D eigenvalue weighted by Crippen LogP contribution is 2.26. The van der Waals surface area contributed by atoms with Crippen LogP contribution in [-0.2, 0) is 9.53 Å². The van der Waals surface area contributed by atoms with E-state index in [0.717, 1.165) is 12.8 Å². The summed E-state index contributed by atoms with van der Waals surface area (Å²) in [5, 5.41) is 38.7. The van der Waals surface area contributed by atoms with Gasteiger partial charge in [0.2, 0.25) is 0 Å². The summed E-state index contributed by atoms with van der Waals surface area (Å²) in [7, 11) is 0. The molecule has 0 amide bonds. The molecule has 1 aliphatic rings. The minimum atomic E-state index is -0.957. The summed E-state index contributed by atoms with van der Waals surface area (Å²) in [6, 6.07) is 0. The van der Waals surface area contributed by atoms with Crippen LogP contribution in [-0.4, -0.2) is 56.9 Å². The zero-order valence-corrected chi connectivity index (χ0v) is 16.5. The van der Waals surface area contributed by atoms with Crippen molar-refractivity contribution in [1.82, 2.24) is 0 Å². The Balaban J connectivity index is 2.33. The monoisotopic (exact) mass is 393 g/mol. The van der Waals surface area contributed by atoms with Crippen molar-refractivity contribution in [2.24, 2.45) is 0 Å². The summed E-state index contributed by atoms with van der Waals surface area (Å²) in [6.07, 6.45) is 15.8. The third-order valence-electron chi connectivity index (χ3n) is 4.35. The maximum Gasteiger partial charge on any atom is 0.303 e. The fraction of sp³-hybridized carbons (Fsp3) is 0.591. The molecule has 0 saturated carbocycles. The van der Waals surface area contributed by atoms with Crippen LogP contribution >= 0.6 is 0 Å². The molecular weight excluding hydrogens is 360 g/mol.